The van der Waals surface area contributed by atoms with Crippen LogP contribution < -0.4 is 16.2 Å². The first-order valence-corrected chi connectivity index (χ1v) is 11.8. The molecule has 0 spiro atoms. The highest BCUT2D eigenvalue weighted by atomic mass is 32.1. The minimum absolute atomic E-state index is 0.279. The van der Waals surface area contributed by atoms with E-state index in [0.717, 1.165) is 16.9 Å². The molecular formula is C26H25N5O3S. The molecule has 0 aliphatic heterocycles. The van der Waals surface area contributed by atoms with Crippen molar-refractivity contribution in [2.24, 2.45) is 7.05 Å². The van der Waals surface area contributed by atoms with E-state index in [4.69, 9.17) is 0 Å². The first kappa shape index (κ1) is 24.0. The molecule has 4 rings (SSSR count). The average Bonchev–Trinajstić information content (AvgIpc) is 3.23. The number of aryl methyl sites for hydroxylation is 3. The number of carbonyl (C=O) groups is 2. The van der Waals surface area contributed by atoms with E-state index in [2.05, 4.69) is 20.7 Å². The second kappa shape index (κ2) is 10.0. The summed E-state index contributed by atoms with van der Waals surface area (Å²) in [7, 11) is 1.59. The van der Waals surface area contributed by atoms with E-state index in [1.54, 1.807) is 38.2 Å². The van der Waals surface area contributed by atoms with Gasteiger partial charge in [0.1, 0.15) is 15.9 Å². The SMILES string of the molecule is Cc1nc(-c2c(C)c(C)nn(C)c2=O)sc1C(=O)NC(C(=O)Nc1ccccc1)c1ccccc1. The minimum Gasteiger partial charge on any atom is -0.336 e. The lowest BCUT2D eigenvalue weighted by Gasteiger charge is -2.18. The molecule has 4 aromatic rings. The maximum atomic E-state index is 13.3. The molecule has 1 atom stereocenters. The Bertz CT molecular complexity index is 1450. The van der Waals surface area contributed by atoms with E-state index >= 15 is 0 Å². The van der Waals surface area contributed by atoms with Gasteiger partial charge in [-0.2, -0.15) is 5.10 Å². The summed E-state index contributed by atoms with van der Waals surface area (Å²) >= 11 is 1.12. The van der Waals surface area contributed by atoms with Gasteiger partial charge in [-0.05, 0) is 44.0 Å². The van der Waals surface area contributed by atoms with Gasteiger partial charge in [-0.1, -0.05) is 48.5 Å². The molecule has 1 unspecified atom stereocenters. The smallest absolute Gasteiger partial charge is 0.277 e. The Labute approximate surface area is 206 Å². The largest absolute Gasteiger partial charge is 0.336 e. The molecule has 0 bridgehead atoms. The van der Waals surface area contributed by atoms with Crippen LogP contribution in [-0.2, 0) is 11.8 Å². The minimum atomic E-state index is -0.924. The topological polar surface area (TPSA) is 106 Å². The molecule has 2 heterocycles. The Balaban J connectivity index is 1.66. The van der Waals surface area contributed by atoms with Crippen molar-refractivity contribution in [1.82, 2.24) is 20.1 Å². The predicted molar refractivity (Wildman–Crippen MR) is 137 cm³/mol. The fourth-order valence-electron chi connectivity index (χ4n) is 3.69. The quantitative estimate of drug-likeness (QED) is 0.429. The van der Waals surface area contributed by atoms with Crippen molar-refractivity contribution in [2.75, 3.05) is 5.32 Å². The van der Waals surface area contributed by atoms with Crippen LogP contribution >= 0.6 is 11.3 Å². The van der Waals surface area contributed by atoms with Crippen molar-refractivity contribution in [2.45, 2.75) is 26.8 Å². The van der Waals surface area contributed by atoms with Crippen molar-refractivity contribution in [3.63, 3.8) is 0 Å². The molecule has 0 radical (unpaired) electrons. The van der Waals surface area contributed by atoms with Crippen LogP contribution in [0.25, 0.3) is 10.6 Å². The number of amides is 2. The summed E-state index contributed by atoms with van der Waals surface area (Å²) in [5, 5.41) is 10.4. The third-order valence-corrected chi connectivity index (χ3v) is 6.83. The maximum Gasteiger partial charge on any atom is 0.277 e. The van der Waals surface area contributed by atoms with E-state index in [0.29, 0.717) is 38.1 Å². The molecular weight excluding hydrogens is 462 g/mol. The molecule has 2 N–H and O–H groups in total. The number of para-hydroxylation sites is 1. The van der Waals surface area contributed by atoms with Crippen molar-refractivity contribution in [3.8, 4) is 10.6 Å². The van der Waals surface area contributed by atoms with Crippen LogP contribution in [0, 0.1) is 20.8 Å². The molecule has 2 aromatic carbocycles. The Morgan fingerprint density at radius 2 is 1.57 bits per heavy atom. The number of nitrogens with one attached hydrogen (secondary N) is 2. The van der Waals surface area contributed by atoms with Crippen molar-refractivity contribution in [3.05, 3.63) is 98.4 Å². The molecule has 0 saturated heterocycles. The van der Waals surface area contributed by atoms with Crippen LogP contribution in [0.15, 0.2) is 65.5 Å². The van der Waals surface area contributed by atoms with Crippen LogP contribution in [0.1, 0.15) is 38.2 Å². The maximum absolute atomic E-state index is 13.3. The Morgan fingerprint density at radius 3 is 2.23 bits per heavy atom. The number of benzene rings is 2. The van der Waals surface area contributed by atoms with Crippen LogP contribution in [0.3, 0.4) is 0 Å². The van der Waals surface area contributed by atoms with Gasteiger partial charge in [0.25, 0.3) is 17.4 Å². The molecule has 0 fully saturated rings. The van der Waals surface area contributed by atoms with E-state index < -0.39 is 11.9 Å². The number of hydrogen-bond donors (Lipinski definition) is 2. The van der Waals surface area contributed by atoms with Crippen LogP contribution in [0.5, 0.6) is 0 Å². The number of thiazole rings is 1. The highest BCUT2D eigenvalue weighted by Gasteiger charge is 2.27. The number of rotatable bonds is 6. The predicted octanol–water partition coefficient (Wildman–Crippen LogP) is 3.94. The van der Waals surface area contributed by atoms with Crippen molar-refractivity contribution >= 4 is 28.8 Å². The van der Waals surface area contributed by atoms with Crippen LogP contribution in [0.2, 0.25) is 0 Å². The number of nitrogens with zero attached hydrogens (tertiary/aromatic N) is 3. The number of anilines is 1. The lowest BCUT2D eigenvalue weighted by molar-refractivity contribution is -0.118. The standard InChI is InChI=1S/C26H25N5O3S/c1-15-16(2)30-31(4)26(34)20(15)25-27-17(3)22(35-25)24(33)29-21(18-11-7-5-8-12-18)23(32)28-19-13-9-6-10-14-19/h5-14,21H,1-4H3,(H,28,32)(H,29,33). The van der Waals surface area contributed by atoms with E-state index in [-0.39, 0.29) is 11.5 Å². The fraction of sp³-hybridized carbons (Fsp3) is 0.192. The van der Waals surface area contributed by atoms with Gasteiger partial charge in [0.15, 0.2) is 0 Å². The lowest BCUT2D eigenvalue weighted by atomic mass is 10.1. The van der Waals surface area contributed by atoms with Gasteiger partial charge in [0.2, 0.25) is 0 Å². The number of carbonyl (C=O) groups excluding carboxylic acids is 2. The zero-order valence-electron chi connectivity index (χ0n) is 19.8. The van der Waals surface area contributed by atoms with Gasteiger partial charge >= 0.3 is 0 Å². The zero-order chi connectivity index (χ0) is 25.1. The Morgan fingerprint density at radius 1 is 0.943 bits per heavy atom. The molecule has 9 heteroatoms. The zero-order valence-corrected chi connectivity index (χ0v) is 20.6. The summed E-state index contributed by atoms with van der Waals surface area (Å²) in [6.45, 7) is 5.35. The molecule has 2 amide bonds. The van der Waals surface area contributed by atoms with E-state index in [1.165, 1.54) is 4.68 Å². The summed E-state index contributed by atoms with van der Waals surface area (Å²) in [5.41, 5.74) is 3.33. The monoisotopic (exact) mass is 487 g/mol. The molecule has 0 aliphatic rings. The normalized spacial score (nSPS) is 11.7. The molecule has 0 aliphatic carbocycles. The van der Waals surface area contributed by atoms with Crippen LogP contribution in [0.4, 0.5) is 5.69 Å². The highest BCUT2D eigenvalue weighted by molar-refractivity contribution is 7.17. The fourth-order valence-corrected chi connectivity index (χ4v) is 4.76. The van der Waals surface area contributed by atoms with E-state index in [9.17, 15) is 14.4 Å². The summed E-state index contributed by atoms with van der Waals surface area (Å²) in [6, 6.07) is 17.2. The van der Waals surface area contributed by atoms with Gasteiger partial charge in [0.05, 0.1) is 17.0 Å². The Hall–Kier alpha value is -4.11. The average molecular weight is 488 g/mol. The lowest BCUT2D eigenvalue weighted by Crippen LogP contribution is -2.37. The van der Waals surface area contributed by atoms with Gasteiger partial charge in [-0.15, -0.1) is 11.3 Å². The third kappa shape index (κ3) is 5.04. The van der Waals surface area contributed by atoms with Crippen molar-refractivity contribution in [1.29, 1.82) is 0 Å². The summed E-state index contributed by atoms with van der Waals surface area (Å²) in [6.07, 6.45) is 0. The number of aromatic nitrogens is 3. The van der Waals surface area contributed by atoms with Gasteiger partial charge in [0, 0.05) is 12.7 Å². The molecule has 178 valence electrons. The van der Waals surface area contributed by atoms with Crippen molar-refractivity contribution < 1.29 is 9.59 Å². The molecule has 8 nitrogen and oxygen atoms in total. The summed E-state index contributed by atoms with van der Waals surface area (Å²) in [4.78, 5) is 44.1. The second-order valence-electron chi connectivity index (χ2n) is 8.12. The third-order valence-electron chi connectivity index (χ3n) is 5.65. The first-order valence-electron chi connectivity index (χ1n) is 11.0. The Kier molecular flexibility index (Phi) is 6.88. The number of hydrogen-bond acceptors (Lipinski definition) is 6. The van der Waals surface area contributed by atoms with Gasteiger partial charge < -0.3 is 10.6 Å². The summed E-state index contributed by atoms with van der Waals surface area (Å²) in [5.74, 6) is -0.809. The molecule has 35 heavy (non-hydrogen) atoms. The molecule has 2 aromatic heterocycles. The second-order valence-corrected chi connectivity index (χ2v) is 9.12. The molecule has 0 saturated carbocycles. The van der Waals surface area contributed by atoms with Gasteiger partial charge in [-0.25, -0.2) is 9.67 Å². The summed E-state index contributed by atoms with van der Waals surface area (Å²) < 4.78 is 1.27. The highest BCUT2D eigenvalue weighted by Crippen LogP contribution is 2.29. The van der Waals surface area contributed by atoms with E-state index in [1.807, 2.05) is 50.2 Å². The first-order chi connectivity index (χ1) is 16.8. The van der Waals surface area contributed by atoms with Gasteiger partial charge in [-0.3, -0.25) is 14.4 Å². The van der Waals surface area contributed by atoms with Crippen LogP contribution in [-0.4, -0.2) is 26.6 Å².